The van der Waals surface area contributed by atoms with Crippen molar-refractivity contribution in [2.75, 3.05) is 0 Å². The van der Waals surface area contributed by atoms with Crippen LogP contribution >= 0.6 is 0 Å². The third kappa shape index (κ3) is 3.01. The van der Waals surface area contributed by atoms with Crippen LogP contribution in [0.3, 0.4) is 0 Å². The molecule has 0 saturated heterocycles. The molecule has 0 radical (unpaired) electrons. The number of hydroxylamine groups is 1. The monoisotopic (exact) mass is 279 g/mol. The van der Waals surface area contributed by atoms with Gasteiger partial charge in [-0.25, -0.2) is 5.48 Å². The first-order valence-electron chi connectivity index (χ1n) is 6.88. The van der Waals surface area contributed by atoms with Crippen LogP contribution in [0, 0.1) is 13.8 Å². The predicted molar refractivity (Wildman–Crippen MR) is 84.4 cm³/mol. The number of aryl methyl sites for hydroxylation is 2. The molecule has 0 atom stereocenters. The summed E-state index contributed by atoms with van der Waals surface area (Å²) in [5.74, 6) is 0.636. The van der Waals surface area contributed by atoms with Crippen LogP contribution in [-0.4, -0.2) is 12.1 Å². The van der Waals surface area contributed by atoms with Crippen molar-refractivity contribution < 1.29 is 4.84 Å². The van der Waals surface area contributed by atoms with Gasteiger partial charge in [0.05, 0.1) is 6.21 Å². The minimum absolute atomic E-state index is 0.538. The molecule has 0 fully saturated rings. The van der Waals surface area contributed by atoms with Crippen molar-refractivity contribution >= 4 is 12.1 Å². The summed E-state index contributed by atoms with van der Waals surface area (Å²) in [4.78, 5) is 5.29. The lowest BCUT2D eigenvalue weighted by Crippen LogP contribution is -2.30. The van der Waals surface area contributed by atoms with Crippen LogP contribution in [0.5, 0.6) is 0 Å². The Kier molecular flexibility index (Phi) is 3.79. The van der Waals surface area contributed by atoms with E-state index in [1.165, 1.54) is 11.1 Å². The van der Waals surface area contributed by atoms with Crippen LogP contribution in [0.2, 0.25) is 0 Å². The zero-order chi connectivity index (χ0) is 14.7. The first-order chi connectivity index (χ1) is 10.2. The first-order valence-corrected chi connectivity index (χ1v) is 6.88. The second-order valence-corrected chi connectivity index (χ2v) is 5.08. The van der Waals surface area contributed by atoms with Crippen LogP contribution < -0.4 is 5.48 Å². The van der Waals surface area contributed by atoms with Crippen LogP contribution in [0.1, 0.15) is 27.8 Å². The normalized spacial score (nSPS) is 16.0. The standard InChI is InChI=1S/C17H17N3O/c1-12-7-8-14(9-13(12)2)10-18-19-17-16-6-4-3-5-15(16)11-21-20-17/h3-10H,11H2,1-2H3,(H,19,20)/b18-10+. The van der Waals surface area contributed by atoms with Crippen molar-refractivity contribution in [3.8, 4) is 0 Å². The van der Waals surface area contributed by atoms with Crippen molar-refractivity contribution in [3.05, 3.63) is 70.3 Å². The molecule has 21 heavy (non-hydrogen) atoms. The number of hydrogen-bond donors (Lipinski definition) is 1. The summed E-state index contributed by atoms with van der Waals surface area (Å²) in [5, 5.41) is 8.38. The van der Waals surface area contributed by atoms with E-state index >= 15 is 0 Å². The summed E-state index contributed by atoms with van der Waals surface area (Å²) in [6.45, 7) is 4.72. The number of fused-ring (bicyclic) bond motifs is 1. The molecule has 0 saturated carbocycles. The molecule has 1 heterocycles. The lowest BCUT2D eigenvalue weighted by Gasteiger charge is -2.18. The molecule has 4 nitrogen and oxygen atoms in total. The second-order valence-electron chi connectivity index (χ2n) is 5.08. The highest BCUT2D eigenvalue weighted by Crippen LogP contribution is 2.14. The van der Waals surface area contributed by atoms with E-state index in [1.807, 2.05) is 30.3 Å². The molecule has 106 valence electrons. The van der Waals surface area contributed by atoms with Crippen LogP contribution in [0.15, 0.2) is 52.7 Å². The highest BCUT2D eigenvalue weighted by Gasteiger charge is 2.14. The van der Waals surface area contributed by atoms with E-state index < -0.39 is 0 Å². The number of hydrogen-bond acceptors (Lipinski definition) is 3. The molecular formula is C17H17N3O. The minimum atomic E-state index is 0.538. The van der Waals surface area contributed by atoms with Crippen LogP contribution in [-0.2, 0) is 11.4 Å². The van der Waals surface area contributed by atoms with Crippen molar-refractivity contribution in [3.63, 3.8) is 0 Å². The molecular weight excluding hydrogens is 262 g/mol. The smallest absolute Gasteiger partial charge is 0.179 e. The minimum Gasteiger partial charge on any atom is -0.270 e. The molecule has 0 aliphatic carbocycles. The number of benzene rings is 2. The highest BCUT2D eigenvalue weighted by atomic mass is 16.6. The summed E-state index contributed by atoms with van der Waals surface area (Å²) in [6, 6.07) is 14.2. The molecule has 0 spiro atoms. The number of nitrogens with zero attached hydrogens (tertiary/aromatic N) is 2. The van der Waals surface area contributed by atoms with Gasteiger partial charge in [0, 0.05) is 5.56 Å². The van der Waals surface area contributed by atoms with Gasteiger partial charge in [-0.05, 0) is 36.1 Å². The lowest BCUT2D eigenvalue weighted by molar-refractivity contribution is 0.0650. The first kappa shape index (κ1) is 13.5. The molecule has 1 N–H and O–H groups in total. The Labute approximate surface area is 124 Å². The Hall–Kier alpha value is -2.46. The van der Waals surface area contributed by atoms with Crippen molar-refractivity contribution in [1.82, 2.24) is 5.48 Å². The maximum absolute atomic E-state index is 5.29. The Bertz CT molecular complexity index is 720. The van der Waals surface area contributed by atoms with Gasteiger partial charge in [-0.3, -0.25) is 4.84 Å². The van der Waals surface area contributed by atoms with Crippen molar-refractivity contribution in [1.29, 1.82) is 0 Å². The summed E-state index contributed by atoms with van der Waals surface area (Å²) in [7, 11) is 0. The fourth-order valence-electron chi connectivity index (χ4n) is 2.19. The van der Waals surface area contributed by atoms with E-state index in [2.05, 4.69) is 41.7 Å². The van der Waals surface area contributed by atoms with Crippen LogP contribution in [0.25, 0.3) is 0 Å². The summed E-state index contributed by atoms with van der Waals surface area (Å²) >= 11 is 0. The molecule has 1 aliphatic rings. The molecule has 0 aromatic heterocycles. The quantitative estimate of drug-likeness (QED) is 0.678. The molecule has 2 aromatic rings. The Balaban J connectivity index is 1.83. The molecule has 3 rings (SSSR count). The SMILES string of the molecule is Cc1ccc(/C=N/N=C2\NOCc3ccccc32)cc1C. The zero-order valence-electron chi connectivity index (χ0n) is 12.1. The topological polar surface area (TPSA) is 46.0 Å². The fraction of sp³-hybridized carbons (Fsp3) is 0.176. The van der Waals surface area contributed by atoms with Gasteiger partial charge in [-0.15, -0.1) is 5.10 Å². The van der Waals surface area contributed by atoms with Gasteiger partial charge in [0.2, 0.25) is 0 Å². The predicted octanol–water partition coefficient (Wildman–Crippen LogP) is 3.12. The summed E-state index contributed by atoms with van der Waals surface area (Å²) < 4.78 is 0. The van der Waals surface area contributed by atoms with E-state index in [-0.39, 0.29) is 0 Å². The maximum Gasteiger partial charge on any atom is 0.179 e. The average Bonchev–Trinajstić information content (AvgIpc) is 2.51. The molecule has 0 bridgehead atoms. The second kappa shape index (κ2) is 5.89. The average molecular weight is 279 g/mol. The molecule has 4 heteroatoms. The van der Waals surface area contributed by atoms with E-state index in [4.69, 9.17) is 4.84 Å². The van der Waals surface area contributed by atoms with E-state index in [0.717, 1.165) is 16.7 Å². The number of amidine groups is 1. The Morgan fingerprint density at radius 3 is 2.81 bits per heavy atom. The van der Waals surface area contributed by atoms with E-state index in [1.54, 1.807) is 6.21 Å². The summed E-state index contributed by atoms with van der Waals surface area (Å²) in [5.41, 5.74) is 8.51. The van der Waals surface area contributed by atoms with Gasteiger partial charge in [-0.1, -0.05) is 42.5 Å². The molecule has 0 unspecified atom stereocenters. The van der Waals surface area contributed by atoms with Gasteiger partial charge < -0.3 is 0 Å². The van der Waals surface area contributed by atoms with Gasteiger partial charge in [-0.2, -0.15) is 5.10 Å². The maximum atomic E-state index is 5.29. The van der Waals surface area contributed by atoms with Crippen LogP contribution in [0.4, 0.5) is 0 Å². The van der Waals surface area contributed by atoms with Gasteiger partial charge in [0.25, 0.3) is 0 Å². The third-order valence-electron chi connectivity index (χ3n) is 3.56. The molecule has 1 aliphatic heterocycles. The Morgan fingerprint density at radius 1 is 1.10 bits per heavy atom. The van der Waals surface area contributed by atoms with E-state index in [9.17, 15) is 0 Å². The highest BCUT2D eigenvalue weighted by molar-refractivity contribution is 6.00. The van der Waals surface area contributed by atoms with Gasteiger partial charge >= 0.3 is 0 Å². The van der Waals surface area contributed by atoms with Gasteiger partial charge in [0.15, 0.2) is 5.84 Å². The number of rotatable bonds is 2. The number of nitrogens with one attached hydrogen (secondary N) is 1. The van der Waals surface area contributed by atoms with Crippen molar-refractivity contribution in [2.24, 2.45) is 10.2 Å². The van der Waals surface area contributed by atoms with Gasteiger partial charge in [0.1, 0.15) is 6.61 Å². The van der Waals surface area contributed by atoms with E-state index in [0.29, 0.717) is 12.4 Å². The molecule has 2 aromatic carbocycles. The lowest BCUT2D eigenvalue weighted by atomic mass is 10.1. The van der Waals surface area contributed by atoms with Crippen molar-refractivity contribution in [2.45, 2.75) is 20.5 Å². The fourth-order valence-corrected chi connectivity index (χ4v) is 2.19. The zero-order valence-corrected chi connectivity index (χ0v) is 12.1. The summed E-state index contributed by atoms with van der Waals surface area (Å²) in [6.07, 6.45) is 1.75. The molecule has 0 amide bonds. The third-order valence-corrected chi connectivity index (χ3v) is 3.56. The Morgan fingerprint density at radius 2 is 1.95 bits per heavy atom. The largest absolute Gasteiger partial charge is 0.270 e.